The molecule has 2 rings (SSSR count). The number of hydrogen-bond acceptors (Lipinski definition) is 3. The maximum Gasteiger partial charge on any atom is 0.257 e. The Balaban J connectivity index is 0.00000180. The van der Waals surface area contributed by atoms with E-state index >= 15 is 0 Å². The molecule has 1 aromatic rings. The molecule has 0 bridgehead atoms. The van der Waals surface area contributed by atoms with Crippen molar-refractivity contribution < 1.29 is 13.9 Å². The molecule has 1 amide bonds. The van der Waals surface area contributed by atoms with E-state index in [1.807, 2.05) is 0 Å². The summed E-state index contributed by atoms with van der Waals surface area (Å²) in [7, 11) is 0. The van der Waals surface area contributed by atoms with Gasteiger partial charge in [-0.05, 0) is 18.2 Å². The number of rotatable bonds is 5. The van der Waals surface area contributed by atoms with Crippen LogP contribution in [0.3, 0.4) is 0 Å². The van der Waals surface area contributed by atoms with Crippen molar-refractivity contribution in [2.45, 2.75) is 0 Å². The van der Waals surface area contributed by atoms with E-state index in [2.05, 4.69) is 26.6 Å². The van der Waals surface area contributed by atoms with Gasteiger partial charge in [0.2, 0.25) is 0 Å². The van der Waals surface area contributed by atoms with Crippen LogP contribution in [0.4, 0.5) is 4.39 Å². The molecule has 0 unspecified atom stereocenters. The molecule has 1 aliphatic rings. The molecule has 106 valence electrons. The minimum absolute atomic E-state index is 0. The Morgan fingerprint density at radius 1 is 1.53 bits per heavy atom. The van der Waals surface area contributed by atoms with Crippen LogP contribution in [0, 0.1) is 11.7 Å². The SMILES string of the molecule is Cl.O=C(COc1ccc(Br)cc1F)NCC1CNC1. The predicted molar refractivity (Wildman–Crippen MR) is 76.2 cm³/mol. The highest BCUT2D eigenvalue weighted by molar-refractivity contribution is 9.10. The molecule has 7 heteroatoms. The van der Waals surface area contributed by atoms with E-state index in [0.29, 0.717) is 16.9 Å². The number of carbonyl (C=O) groups excluding carboxylic acids is 1. The van der Waals surface area contributed by atoms with E-state index in [1.165, 1.54) is 12.1 Å². The van der Waals surface area contributed by atoms with Crippen LogP contribution in [-0.2, 0) is 4.79 Å². The Morgan fingerprint density at radius 3 is 2.84 bits per heavy atom. The second-order valence-corrected chi connectivity index (χ2v) is 5.11. The minimum Gasteiger partial charge on any atom is -0.481 e. The summed E-state index contributed by atoms with van der Waals surface area (Å²) in [6.07, 6.45) is 0. The quantitative estimate of drug-likeness (QED) is 0.847. The average Bonchev–Trinajstić information content (AvgIpc) is 2.25. The molecule has 1 aliphatic heterocycles. The van der Waals surface area contributed by atoms with E-state index in [9.17, 15) is 9.18 Å². The van der Waals surface area contributed by atoms with Crippen LogP contribution in [0.15, 0.2) is 22.7 Å². The number of ether oxygens (including phenoxy) is 1. The molecule has 1 heterocycles. The molecule has 1 fully saturated rings. The molecule has 0 spiro atoms. The van der Waals surface area contributed by atoms with Crippen LogP contribution < -0.4 is 15.4 Å². The summed E-state index contributed by atoms with van der Waals surface area (Å²) in [6.45, 7) is 2.33. The Bertz CT molecular complexity index is 444. The van der Waals surface area contributed by atoms with Gasteiger partial charge in [0.25, 0.3) is 5.91 Å². The number of amides is 1. The zero-order chi connectivity index (χ0) is 13.0. The Labute approximate surface area is 125 Å². The fourth-order valence-corrected chi connectivity index (χ4v) is 1.87. The molecule has 0 aromatic heterocycles. The van der Waals surface area contributed by atoms with E-state index in [1.54, 1.807) is 6.07 Å². The monoisotopic (exact) mass is 352 g/mol. The Hall–Kier alpha value is -0.850. The summed E-state index contributed by atoms with van der Waals surface area (Å²) in [5.74, 6) is -0.137. The lowest BCUT2D eigenvalue weighted by Crippen LogP contribution is -2.48. The van der Waals surface area contributed by atoms with Gasteiger partial charge >= 0.3 is 0 Å². The average molecular weight is 354 g/mol. The lowest BCUT2D eigenvalue weighted by atomic mass is 10.0. The molecule has 0 atom stereocenters. The largest absolute Gasteiger partial charge is 0.481 e. The van der Waals surface area contributed by atoms with E-state index < -0.39 is 5.82 Å². The van der Waals surface area contributed by atoms with Gasteiger partial charge in [0.15, 0.2) is 18.2 Å². The maximum atomic E-state index is 13.4. The van der Waals surface area contributed by atoms with E-state index in [0.717, 1.165) is 13.1 Å². The summed E-state index contributed by atoms with van der Waals surface area (Å²) in [4.78, 5) is 11.5. The molecule has 0 radical (unpaired) electrons. The van der Waals surface area contributed by atoms with Crippen LogP contribution in [-0.4, -0.2) is 32.1 Å². The van der Waals surface area contributed by atoms with Crippen LogP contribution in [0.1, 0.15) is 0 Å². The molecule has 0 saturated carbocycles. The Kier molecular flexibility index (Phi) is 6.54. The van der Waals surface area contributed by atoms with Crippen LogP contribution in [0.5, 0.6) is 5.75 Å². The van der Waals surface area contributed by atoms with Gasteiger partial charge in [0.1, 0.15) is 0 Å². The third-order valence-electron chi connectivity index (χ3n) is 2.71. The lowest BCUT2D eigenvalue weighted by Gasteiger charge is -2.27. The molecule has 4 nitrogen and oxygen atoms in total. The second-order valence-electron chi connectivity index (χ2n) is 4.19. The summed E-state index contributed by atoms with van der Waals surface area (Å²) in [5.41, 5.74) is 0. The highest BCUT2D eigenvalue weighted by Gasteiger charge is 2.17. The van der Waals surface area contributed by atoms with Crippen molar-refractivity contribution in [3.05, 3.63) is 28.5 Å². The lowest BCUT2D eigenvalue weighted by molar-refractivity contribution is -0.123. The molecule has 2 N–H and O–H groups in total. The topological polar surface area (TPSA) is 50.4 Å². The number of hydrogen-bond donors (Lipinski definition) is 2. The summed E-state index contributed by atoms with van der Waals surface area (Å²) >= 11 is 3.15. The van der Waals surface area contributed by atoms with Crippen LogP contribution in [0.25, 0.3) is 0 Å². The van der Waals surface area contributed by atoms with Gasteiger partial charge in [0, 0.05) is 30.0 Å². The van der Waals surface area contributed by atoms with Crippen LogP contribution >= 0.6 is 28.3 Å². The van der Waals surface area contributed by atoms with Gasteiger partial charge in [0.05, 0.1) is 0 Å². The first-order valence-electron chi connectivity index (χ1n) is 5.70. The summed E-state index contributed by atoms with van der Waals surface area (Å²) < 4.78 is 19.1. The van der Waals surface area contributed by atoms with Gasteiger partial charge < -0.3 is 15.4 Å². The zero-order valence-corrected chi connectivity index (χ0v) is 12.5. The first-order chi connectivity index (χ1) is 8.65. The Morgan fingerprint density at radius 2 is 2.26 bits per heavy atom. The second kappa shape index (κ2) is 7.67. The highest BCUT2D eigenvalue weighted by Crippen LogP contribution is 2.21. The van der Waals surface area contributed by atoms with Gasteiger partial charge in [-0.1, -0.05) is 15.9 Å². The van der Waals surface area contributed by atoms with Gasteiger partial charge in [-0.3, -0.25) is 4.79 Å². The number of benzene rings is 1. The van der Waals surface area contributed by atoms with Crippen molar-refractivity contribution in [1.29, 1.82) is 0 Å². The molecule has 1 saturated heterocycles. The number of halogens is 3. The van der Waals surface area contributed by atoms with Crippen molar-refractivity contribution in [2.75, 3.05) is 26.2 Å². The highest BCUT2D eigenvalue weighted by atomic mass is 79.9. The van der Waals surface area contributed by atoms with E-state index in [-0.39, 0.29) is 30.7 Å². The zero-order valence-electron chi connectivity index (χ0n) is 10.1. The van der Waals surface area contributed by atoms with Gasteiger partial charge in [-0.25, -0.2) is 4.39 Å². The normalized spacial score (nSPS) is 14.2. The first-order valence-corrected chi connectivity index (χ1v) is 6.49. The van der Waals surface area contributed by atoms with Gasteiger partial charge in [-0.2, -0.15) is 0 Å². The maximum absolute atomic E-state index is 13.4. The first kappa shape index (κ1) is 16.2. The molecular formula is C12H15BrClFN2O2. The van der Waals surface area contributed by atoms with Crippen LogP contribution in [0.2, 0.25) is 0 Å². The standard InChI is InChI=1S/C12H14BrFN2O2.ClH/c13-9-1-2-11(10(14)3-9)18-7-12(17)16-6-8-4-15-5-8;/h1-3,8,15H,4-7H2,(H,16,17);1H. The molecular weight excluding hydrogens is 338 g/mol. The van der Waals surface area contributed by atoms with Crippen molar-refractivity contribution in [3.63, 3.8) is 0 Å². The minimum atomic E-state index is -0.486. The summed E-state index contributed by atoms with van der Waals surface area (Å²) in [6, 6.07) is 4.45. The number of nitrogens with one attached hydrogen (secondary N) is 2. The van der Waals surface area contributed by atoms with Crippen molar-refractivity contribution in [2.24, 2.45) is 5.92 Å². The van der Waals surface area contributed by atoms with Crippen molar-refractivity contribution in [1.82, 2.24) is 10.6 Å². The van der Waals surface area contributed by atoms with Crippen molar-refractivity contribution in [3.8, 4) is 5.75 Å². The van der Waals surface area contributed by atoms with Crippen molar-refractivity contribution >= 4 is 34.2 Å². The van der Waals surface area contributed by atoms with E-state index in [4.69, 9.17) is 4.74 Å². The fourth-order valence-electron chi connectivity index (χ4n) is 1.54. The third-order valence-corrected chi connectivity index (χ3v) is 3.20. The third kappa shape index (κ3) is 4.97. The molecule has 19 heavy (non-hydrogen) atoms. The van der Waals surface area contributed by atoms with Gasteiger partial charge in [-0.15, -0.1) is 12.4 Å². The summed E-state index contributed by atoms with van der Waals surface area (Å²) in [5, 5.41) is 5.87. The predicted octanol–water partition coefficient (Wildman–Crippen LogP) is 1.72. The molecule has 1 aromatic carbocycles. The fraction of sp³-hybridized carbons (Fsp3) is 0.417. The molecule has 0 aliphatic carbocycles. The number of carbonyl (C=O) groups is 1. The smallest absolute Gasteiger partial charge is 0.257 e.